The third kappa shape index (κ3) is 13.7. The Morgan fingerprint density at radius 3 is 1.36 bits per heavy atom. The van der Waals surface area contributed by atoms with Crippen LogP contribution in [0.4, 0.5) is 0 Å². The summed E-state index contributed by atoms with van der Waals surface area (Å²) >= 11 is 0. The second-order valence-electron chi connectivity index (χ2n) is 4.72. The number of ether oxygens (including phenoxy) is 2. The normalized spacial score (nSPS) is 11.9. The molecule has 0 radical (unpaired) electrons. The van der Waals surface area contributed by atoms with E-state index in [0.717, 1.165) is 0 Å². The van der Waals surface area contributed by atoms with E-state index in [1.165, 1.54) is 0 Å². The van der Waals surface area contributed by atoms with E-state index >= 15 is 0 Å². The first-order valence-electron chi connectivity index (χ1n) is 7.67. The minimum Gasteiger partial charge on any atom is -0.464 e. The lowest BCUT2D eigenvalue weighted by Gasteiger charge is -2.06. The van der Waals surface area contributed by atoms with Crippen LogP contribution >= 0.6 is 0 Å². The zero-order valence-corrected chi connectivity index (χ0v) is 15.9. The van der Waals surface area contributed by atoms with Gasteiger partial charge in [-0.1, -0.05) is 6.42 Å². The van der Waals surface area contributed by atoms with E-state index in [2.05, 4.69) is 17.8 Å². The van der Waals surface area contributed by atoms with Gasteiger partial charge in [0.1, 0.15) is 0 Å². The van der Waals surface area contributed by atoms with Crippen molar-refractivity contribution >= 4 is 32.2 Å². The van der Waals surface area contributed by atoms with Crippen LogP contribution in [0.15, 0.2) is 0 Å². The molecule has 0 saturated heterocycles. The number of hydrogen-bond acceptors (Lipinski definition) is 10. The van der Waals surface area contributed by atoms with E-state index in [9.17, 15) is 26.4 Å². The fourth-order valence-electron chi connectivity index (χ4n) is 1.53. The molecule has 0 fully saturated rings. The van der Waals surface area contributed by atoms with E-state index in [-0.39, 0.29) is 44.0 Å². The standard InChI is InChI=1S/C13H24O10S2/c1-3-20-12(14)10-22-24(16,17)8-6-5-7-9-25(18,19)23-11-13(15)21-4-2/h3-11H2,1-2H3. The van der Waals surface area contributed by atoms with Gasteiger partial charge < -0.3 is 9.47 Å². The van der Waals surface area contributed by atoms with Crippen LogP contribution in [0, 0.1) is 0 Å². The van der Waals surface area contributed by atoms with E-state index in [1.54, 1.807) is 13.8 Å². The minimum atomic E-state index is -3.88. The van der Waals surface area contributed by atoms with Gasteiger partial charge in [-0.2, -0.15) is 16.8 Å². The molecule has 0 amide bonds. The molecule has 25 heavy (non-hydrogen) atoms. The third-order valence-corrected chi connectivity index (χ3v) is 5.14. The van der Waals surface area contributed by atoms with Gasteiger partial charge in [-0.15, -0.1) is 0 Å². The lowest BCUT2D eigenvalue weighted by Crippen LogP contribution is -2.19. The summed E-state index contributed by atoms with van der Waals surface area (Å²) < 4.78 is 64.1. The zero-order valence-electron chi connectivity index (χ0n) is 14.3. The fraction of sp³-hybridized carbons (Fsp3) is 0.846. The summed E-state index contributed by atoms with van der Waals surface area (Å²) in [6.07, 6.45) is 0.584. The van der Waals surface area contributed by atoms with Crippen LogP contribution in [-0.2, 0) is 47.7 Å². The maximum Gasteiger partial charge on any atom is 0.333 e. The van der Waals surface area contributed by atoms with Crippen molar-refractivity contribution in [2.45, 2.75) is 33.1 Å². The summed E-state index contributed by atoms with van der Waals surface area (Å²) in [6.45, 7) is 2.02. The summed E-state index contributed by atoms with van der Waals surface area (Å²) in [5.74, 6) is -2.27. The lowest BCUT2D eigenvalue weighted by molar-refractivity contribution is -0.146. The molecule has 0 rings (SSSR count). The van der Waals surface area contributed by atoms with Crippen LogP contribution in [0.1, 0.15) is 33.1 Å². The van der Waals surface area contributed by atoms with Gasteiger partial charge in [0.25, 0.3) is 20.2 Å². The zero-order chi connectivity index (χ0) is 19.3. The van der Waals surface area contributed by atoms with Crippen molar-refractivity contribution in [2.75, 3.05) is 37.9 Å². The van der Waals surface area contributed by atoms with Crippen LogP contribution in [0.3, 0.4) is 0 Å². The van der Waals surface area contributed by atoms with Crippen LogP contribution in [0.25, 0.3) is 0 Å². The quantitative estimate of drug-likeness (QED) is 0.220. The van der Waals surface area contributed by atoms with Gasteiger partial charge in [0.15, 0.2) is 13.2 Å². The highest BCUT2D eigenvalue weighted by atomic mass is 32.2. The molecule has 0 heterocycles. The molecule has 0 spiro atoms. The molecule has 0 aromatic carbocycles. The molecule has 0 aliphatic rings. The molecule has 0 aliphatic carbocycles. The van der Waals surface area contributed by atoms with Crippen LogP contribution < -0.4 is 0 Å². The van der Waals surface area contributed by atoms with Crippen molar-refractivity contribution in [1.29, 1.82) is 0 Å². The highest BCUT2D eigenvalue weighted by molar-refractivity contribution is 7.87. The Hall–Kier alpha value is -1.24. The number of esters is 2. The highest BCUT2D eigenvalue weighted by Crippen LogP contribution is 2.06. The fourth-order valence-corrected chi connectivity index (χ4v) is 3.44. The number of carbonyl (C=O) groups is 2. The molecular weight excluding hydrogens is 380 g/mol. The molecule has 10 nitrogen and oxygen atoms in total. The van der Waals surface area contributed by atoms with Crippen molar-refractivity contribution < 1.29 is 44.3 Å². The predicted molar refractivity (Wildman–Crippen MR) is 86.6 cm³/mol. The Bertz CT molecular complexity index is 555. The van der Waals surface area contributed by atoms with Crippen LogP contribution in [-0.4, -0.2) is 66.7 Å². The molecule has 0 aliphatic heterocycles. The molecule has 12 heteroatoms. The molecule has 148 valence electrons. The van der Waals surface area contributed by atoms with Crippen molar-refractivity contribution in [2.24, 2.45) is 0 Å². The van der Waals surface area contributed by atoms with E-state index in [1.807, 2.05) is 0 Å². The molecule has 0 bridgehead atoms. The number of rotatable bonds is 14. The topological polar surface area (TPSA) is 139 Å². The Balaban J connectivity index is 3.96. The number of carbonyl (C=O) groups excluding carboxylic acids is 2. The Kier molecular flexibility index (Phi) is 11.6. The molecule has 0 aromatic heterocycles. The van der Waals surface area contributed by atoms with Gasteiger partial charge in [0.2, 0.25) is 0 Å². The highest BCUT2D eigenvalue weighted by Gasteiger charge is 2.16. The van der Waals surface area contributed by atoms with Crippen molar-refractivity contribution in [3.8, 4) is 0 Å². The molecule has 0 aromatic rings. The summed E-state index contributed by atoms with van der Waals surface area (Å²) in [6, 6.07) is 0. The molecule has 0 N–H and O–H groups in total. The third-order valence-electron chi connectivity index (χ3n) is 2.61. The Morgan fingerprint density at radius 2 is 1.04 bits per heavy atom. The molecule has 0 atom stereocenters. The van der Waals surface area contributed by atoms with Crippen LogP contribution in [0.5, 0.6) is 0 Å². The van der Waals surface area contributed by atoms with Crippen molar-refractivity contribution in [1.82, 2.24) is 0 Å². The van der Waals surface area contributed by atoms with Crippen molar-refractivity contribution in [3.05, 3.63) is 0 Å². The minimum absolute atomic E-state index is 0.120. The number of hydrogen-bond donors (Lipinski definition) is 0. The second-order valence-corrected chi connectivity index (χ2v) is 8.24. The second kappa shape index (κ2) is 12.2. The molecule has 0 saturated carbocycles. The van der Waals surface area contributed by atoms with Crippen LogP contribution in [0.2, 0.25) is 0 Å². The maximum absolute atomic E-state index is 11.5. The summed E-state index contributed by atoms with van der Waals surface area (Å²) in [7, 11) is -7.76. The van der Waals surface area contributed by atoms with Gasteiger partial charge in [-0.3, -0.25) is 8.37 Å². The van der Waals surface area contributed by atoms with E-state index in [4.69, 9.17) is 0 Å². The largest absolute Gasteiger partial charge is 0.464 e. The summed E-state index contributed by atoms with van der Waals surface area (Å²) in [5, 5.41) is 0. The molecule has 0 unspecified atom stereocenters. The Labute approximate surface area is 148 Å². The van der Waals surface area contributed by atoms with E-state index < -0.39 is 45.4 Å². The average Bonchev–Trinajstić information content (AvgIpc) is 2.51. The molecular formula is C13H24O10S2. The van der Waals surface area contributed by atoms with Gasteiger partial charge >= 0.3 is 11.9 Å². The van der Waals surface area contributed by atoms with Gasteiger partial charge in [-0.25, -0.2) is 9.59 Å². The average molecular weight is 404 g/mol. The monoisotopic (exact) mass is 404 g/mol. The van der Waals surface area contributed by atoms with Crippen molar-refractivity contribution in [3.63, 3.8) is 0 Å². The first kappa shape index (κ1) is 23.8. The van der Waals surface area contributed by atoms with Gasteiger partial charge in [0.05, 0.1) is 24.7 Å². The van der Waals surface area contributed by atoms with Gasteiger partial charge in [-0.05, 0) is 26.7 Å². The van der Waals surface area contributed by atoms with E-state index in [0.29, 0.717) is 0 Å². The Morgan fingerprint density at radius 1 is 0.680 bits per heavy atom. The predicted octanol–water partition coefficient (Wildman–Crippen LogP) is -0.0243. The summed E-state index contributed by atoms with van der Waals surface area (Å²) in [5.41, 5.74) is 0. The first-order valence-corrected chi connectivity index (χ1v) is 10.8. The lowest BCUT2D eigenvalue weighted by atomic mass is 10.3. The van der Waals surface area contributed by atoms with Gasteiger partial charge in [0, 0.05) is 0 Å². The maximum atomic E-state index is 11.5. The SMILES string of the molecule is CCOC(=O)COS(=O)(=O)CCCCCS(=O)(=O)OCC(=O)OCC. The summed E-state index contributed by atoms with van der Waals surface area (Å²) in [4.78, 5) is 22.0. The first-order chi connectivity index (χ1) is 11.6. The smallest absolute Gasteiger partial charge is 0.333 e. The number of unbranched alkanes of at least 4 members (excludes halogenated alkanes) is 2.